The van der Waals surface area contributed by atoms with Crippen LogP contribution in [0.3, 0.4) is 0 Å². The van der Waals surface area contributed by atoms with Gasteiger partial charge in [-0.2, -0.15) is 0 Å². The fourth-order valence-electron chi connectivity index (χ4n) is 3.54. The van der Waals surface area contributed by atoms with E-state index in [9.17, 15) is 0 Å². The summed E-state index contributed by atoms with van der Waals surface area (Å²) in [6.07, 6.45) is 2.79. The van der Waals surface area contributed by atoms with Gasteiger partial charge in [0.15, 0.2) is 0 Å². The molecule has 0 radical (unpaired) electrons. The predicted molar refractivity (Wildman–Crippen MR) is 82.5 cm³/mol. The molecule has 3 nitrogen and oxygen atoms in total. The highest BCUT2D eigenvalue weighted by Crippen LogP contribution is 2.23. The molecule has 0 bridgehead atoms. The first-order valence-corrected chi connectivity index (χ1v) is 8.10. The van der Waals surface area contributed by atoms with Crippen LogP contribution < -0.4 is 5.32 Å². The van der Waals surface area contributed by atoms with Crippen LogP contribution in [-0.4, -0.2) is 61.7 Å². The average molecular weight is 267 g/mol. The van der Waals surface area contributed by atoms with E-state index in [-0.39, 0.29) is 0 Å². The molecule has 0 unspecified atom stereocenters. The van der Waals surface area contributed by atoms with E-state index in [1.54, 1.807) is 0 Å². The summed E-state index contributed by atoms with van der Waals surface area (Å²) >= 11 is 0. The van der Waals surface area contributed by atoms with E-state index in [1.807, 2.05) is 0 Å². The first-order chi connectivity index (χ1) is 8.92. The molecular weight excluding hydrogens is 234 g/mol. The van der Waals surface area contributed by atoms with Crippen molar-refractivity contribution in [2.75, 3.05) is 45.8 Å². The van der Waals surface area contributed by atoms with Crippen LogP contribution in [0, 0.1) is 11.3 Å². The van der Waals surface area contributed by atoms with Crippen LogP contribution in [-0.2, 0) is 0 Å². The molecule has 2 heterocycles. The molecule has 112 valence electrons. The van der Waals surface area contributed by atoms with Gasteiger partial charge in [-0.1, -0.05) is 20.8 Å². The maximum Gasteiger partial charge on any atom is 0.0167 e. The van der Waals surface area contributed by atoms with E-state index in [1.165, 1.54) is 58.7 Å². The Labute approximate surface area is 119 Å². The number of likely N-dealkylation sites (tertiary alicyclic amines) is 1. The minimum absolute atomic E-state index is 0.445. The van der Waals surface area contributed by atoms with Gasteiger partial charge in [0, 0.05) is 38.8 Å². The van der Waals surface area contributed by atoms with Crippen molar-refractivity contribution >= 4 is 0 Å². The lowest BCUT2D eigenvalue weighted by Crippen LogP contribution is -2.51. The number of hydrogen-bond donors (Lipinski definition) is 1. The van der Waals surface area contributed by atoms with Crippen molar-refractivity contribution in [3.8, 4) is 0 Å². The first kappa shape index (κ1) is 15.3. The minimum Gasteiger partial charge on any atom is -0.312 e. The lowest BCUT2D eigenvalue weighted by molar-refractivity contribution is 0.105. The van der Waals surface area contributed by atoms with Crippen molar-refractivity contribution in [3.63, 3.8) is 0 Å². The van der Waals surface area contributed by atoms with Gasteiger partial charge in [0.1, 0.15) is 0 Å². The van der Waals surface area contributed by atoms with Gasteiger partial charge < -0.3 is 15.1 Å². The van der Waals surface area contributed by atoms with E-state index < -0.39 is 0 Å². The minimum atomic E-state index is 0.445. The third-order valence-electron chi connectivity index (χ3n) is 4.37. The Kier molecular flexibility index (Phi) is 5.27. The molecule has 2 saturated heterocycles. The number of nitrogens with one attached hydrogen (secondary N) is 1. The van der Waals surface area contributed by atoms with E-state index in [4.69, 9.17) is 0 Å². The summed E-state index contributed by atoms with van der Waals surface area (Å²) in [6, 6.07) is 0.676. The summed E-state index contributed by atoms with van der Waals surface area (Å²) in [5, 5.41) is 3.53. The largest absolute Gasteiger partial charge is 0.312 e. The van der Waals surface area contributed by atoms with Gasteiger partial charge in [0.2, 0.25) is 0 Å². The molecular formula is C16H33N3. The lowest BCUT2D eigenvalue weighted by atomic mass is 9.91. The van der Waals surface area contributed by atoms with Crippen molar-refractivity contribution < 1.29 is 0 Å². The summed E-state index contributed by atoms with van der Waals surface area (Å²) in [6.45, 7) is 18.2. The Balaban J connectivity index is 1.68. The molecule has 19 heavy (non-hydrogen) atoms. The fourth-order valence-corrected chi connectivity index (χ4v) is 3.54. The molecule has 2 rings (SSSR count). The molecule has 3 heteroatoms. The third-order valence-corrected chi connectivity index (χ3v) is 4.37. The van der Waals surface area contributed by atoms with Gasteiger partial charge in [-0.25, -0.2) is 0 Å². The Morgan fingerprint density at radius 1 is 1.05 bits per heavy atom. The number of piperidine rings is 1. The summed E-state index contributed by atoms with van der Waals surface area (Å²) in [5.74, 6) is 0.932. The summed E-state index contributed by atoms with van der Waals surface area (Å²) in [5.41, 5.74) is 0.445. The monoisotopic (exact) mass is 267 g/mol. The van der Waals surface area contributed by atoms with E-state index in [0.717, 1.165) is 5.92 Å². The fraction of sp³-hybridized carbons (Fsp3) is 1.00. The Bertz CT molecular complexity index is 264. The average Bonchev–Trinajstić information content (AvgIpc) is 2.30. The van der Waals surface area contributed by atoms with Crippen LogP contribution >= 0.6 is 0 Å². The summed E-state index contributed by atoms with van der Waals surface area (Å²) in [7, 11) is 0. The predicted octanol–water partition coefficient (Wildman–Crippen LogP) is 2.04. The second-order valence-electron chi connectivity index (χ2n) is 7.89. The van der Waals surface area contributed by atoms with Gasteiger partial charge in [0.05, 0.1) is 0 Å². The third kappa shape index (κ3) is 5.41. The highest BCUT2D eigenvalue weighted by Gasteiger charge is 2.25. The molecule has 0 amide bonds. The molecule has 0 aromatic carbocycles. The quantitative estimate of drug-likeness (QED) is 0.844. The van der Waals surface area contributed by atoms with Gasteiger partial charge in [-0.3, -0.25) is 0 Å². The van der Waals surface area contributed by atoms with Crippen LogP contribution in [0.4, 0.5) is 0 Å². The molecule has 0 saturated carbocycles. The van der Waals surface area contributed by atoms with Crippen molar-refractivity contribution in [1.29, 1.82) is 0 Å². The molecule has 0 aromatic heterocycles. The van der Waals surface area contributed by atoms with E-state index >= 15 is 0 Å². The molecule has 2 fully saturated rings. The molecule has 1 atom stereocenters. The van der Waals surface area contributed by atoms with Crippen LogP contribution in [0.1, 0.15) is 40.5 Å². The summed E-state index contributed by atoms with van der Waals surface area (Å²) < 4.78 is 0. The number of hydrogen-bond acceptors (Lipinski definition) is 3. The maximum atomic E-state index is 3.53. The van der Waals surface area contributed by atoms with Gasteiger partial charge in [0.25, 0.3) is 0 Å². The van der Waals surface area contributed by atoms with Crippen molar-refractivity contribution in [1.82, 2.24) is 15.1 Å². The molecule has 0 aromatic rings. The molecule has 1 N–H and O–H groups in total. The normalized spacial score (nSPS) is 28.7. The van der Waals surface area contributed by atoms with E-state index in [0.29, 0.717) is 11.5 Å². The zero-order chi connectivity index (χ0) is 13.9. The molecule has 2 aliphatic rings. The maximum absolute atomic E-state index is 3.53. The van der Waals surface area contributed by atoms with Crippen molar-refractivity contribution in [2.45, 2.75) is 46.6 Å². The van der Waals surface area contributed by atoms with Crippen LogP contribution in [0.5, 0.6) is 0 Å². The highest BCUT2D eigenvalue weighted by atomic mass is 15.2. The Hall–Kier alpha value is -0.120. The van der Waals surface area contributed by atoms with Crippen molar-refractivity contribution in [2.24, 2.45) is 11.3 Å². The Morgan fingerprint density at radius 2 is 1.74 bits per heavy atom. The van der Waals surface area contributed by atoms with E-state index in [2.05, 4.69) is 42.8 Å². The lowest BCUT2D eigenvalue weighted by Gasteiger charge is -2.39. The van der Waals surface area contributed by atoms with Gasteiger partial charge in [-0.15, -0.1) is 0 Å². The molecule has 0 spiro atoms. The second-order valence-corrected chi connectivity index (χ2v) is 7.89. The van der Waals surface area contributed by atoms with Crippen molar-refractivity contribution in [3.05, 3.63) is 0 Å². The number of rotatable bonds is 3. The van der Waals surface area contributed by atoms with Gasteiger partial charge >= 0.3 is 0 Å². The standard InChI is InChI=1S/C16H33N3/c1-14-11-19(10-7-17-14)12-15-5-8-18(9-6-15)13-16(2,3)4/h14-15,17H,5-13H2,1-4H3/t14-/m0/s1. The first-order valence-electron chi connectivity index (χ1n) is 8.10. The zero-order valence-corrected chi connectivity index (χ0v) is 13.4. The topological polar surface area (TPSA) is 18.5 Å². The molecule has 0 aliphatic carbocycles. The summed E-state index contributed by atoms with van der Waals surface area (Å²) in [4.78, 5) is 5.34. The second kappa shape index (κ2) is 6.55. The zero-order valence-electron chi connectivity index (χ0n) is 13.4. The number of nitrogens with zero attached hydrogens (tertiary/aromatic N) is 2. The molecule has 2 aliphatic heterocycles. The SMILES string of the molecule is C[C@H]1CN(CC2CCN(CC(C)(C)C)CC2)CCN1. The smallest absolute Gasteiger partial charge is 0.0167 e. The van der Waals surface area contributed by atoms with Crippen LogP contribution in [0.15, 0.2) is 0 Å². The Morgan fingerprint density at radius 3 is 2.32 bits per heavy atom. The van der Waals surface area contributed by atoms with Gasteiger partial charge in [-0.05, 0) is 44.2 Å². The van der Waals surface area contributed by atoms with Crippen LogP contribution in [0.25, 0.3) is 0 Å². The van der Waals surface area contributed by atoms with Crippen LogP contribution in [0.2, 0.25) is 0 Å². The number of piperazine rings is 1. The highest BCUT2D eigenvalue weighted by molar-refractivity contribution is 4.81.